The Hall–Kier alpha value is -2.70. The number of piperidine rings is 1. The van der Waals surface area contributed by atoms with Crippen LogP contribution in [0.1, 0.15) is 30.0 Å². The van der Waals surface area contributed by atoms with Crippen LogP contribution in [0.5, 0.6) is 0 Å². The van der Waals surface area contributed by atoms with E-state index in [2.05, 4.69) is 10.1 Å². The maximum Gasteiger partial charge on any atom is 0.308 e. The minimum atomic E-state index is -0.872. The number of amides is 1. The van der Waals surface area contributed by atoms with Crippen molar-refractivity contribution in [1.82, 2.24) is 19.7 Å². The van der Waals surface area contributed by atoms with E-state index in [1.807, 2.05) is 12.1 Å². The number of carbonyl (C=O) groups is 2. The summed E-state index contributed by atoms with van der Waals surface area (Å²) in [6, 6.07) is 3.33. The van der Waals surface area contributed by atoms with Gasteiger partial charge in [0.25, 0.3) is 0 Å². The molecule has 24 heavy (non-hydrogen) atoms. The third kappa shape index (κ3) is 3.29. The number of hydrogen-bond acceptors (Lipinski definition) is 4. The Kier molecular flexibility index (Phi) is 4.59. The molecular formula is C17H20N4O3. The van der Waals surface area contributed by atoms with E-state index in [1.165, 1.54) is 0 Å². The van der Waals surface area contributed by atoms with Gasteiger partial charge in [0, 0.05) is 44.2 Å². The van der Waals surface area contributed by atoms with Crippen molar-refractivity contribution in [3.63, 3.8) is 0 Å². The summed E-state index contributed by atoms with van der Waals surface area (Å²) in [7, 11) is 1.78. The molecular weight excluding hydrogens is 308 g/mol. The number of carboxylic acids is 1. The minimum absolute atomic E-state index is 0.00903. The van der Waals surface area contributed by atoms with E-state index in [-0.39, 0.29) is 12.3 Å². The largest absolute Gasteiger partial charge is 0.481 e. The Balaban J connectivity index is 1.86. The van der Waals surface area contributed by atoms with E-state index in [0.717, 1.165) is 11.1 Å². The first-order chi connectivity index (χ1) is 11.6. The van der Waals surface area contributed by atoms with Crippen LogP contribution in [0.4, 0.5) is 0 Å². The Bertz CT molecular complexity index is 728. The van der Waals surface area contributed by atoms with E-state index in [4.69, 9.17) is 0 Å². The molecule has 1 aliphatic heterocycles. The molecule has 0 spiro atoms. The van der Waals surface area contributed by atoms with Crippen LogP contribution in [0.25, 0.3) is 0 Å². The number of aromatic nitrogens is 3. The molecule has 1 saturated heterocycles. The average Bonchev–Trinajstić information content (AvgIpc) is 3.00. The molecule has 1 aliphatic rings. The highest BCUT2D eigenvalue weighted by molar-refractivity contribution is 5.81. The van der Waals surface area contributed by atoms with Crippen molar-refractivity contribution in [2.45, 2.75) is 25.3 Å². The van der Waals surface area contributed by atoms with Gasteiger partial charge in [0.05, 0.1) is 18.2 Å². The topological polar surface area (TPSA) is 88.3 Å². The van der Waals surface area contributed by atoms with Crippen LogP contribution in [0.15, 0.2) is 36.9 Å². The van der Waals surface area contributed by atoms with Crippen molar-refractivity contribution in [3.8, 4) is 0 Å². The molecule has 2 atom stereocenters. The first kappa shape index (κ1) is 16.2. The van der Waals surface area contributed by atoms with Gasteiger partial charge < -0.3 is 10.0 Å². The van der Waals surface area contributed by atoms with Gasteiger partial charge in [-0.2, -0.15) is 5.10 Å². The number of pyridine rings is 1. The number of rotatable bonds is 5. The molecule has 3 heterocycles. The summed E-state index contributed by atoms with van der Waals surface area (Å²) in [5.41, 5.74) is 1.79. The SMILES string of the molecule is Cn1cc(C2C(C(=O)O)CCC(=O)N2CCc2cccnc2)cn1. The molecule has 1 fully saturated rings. The fraction of sp³-hybridized carbons (Fsp3) is 0.412. The van der Waals surface area contributed by atoms with Crippen molar-refractivity contribution in [2.24, 2.45) is 13.0 Å². The predicted molar refractivity (Wildman–Crippen MR) is 86.0 cm³/mol. The number of likely N-dealkylation sites (tertiary alicyclic amines) is 1. The number of aryl methyl sites for hydroxylation is 1. The smallest absolute Gasteiger partial charge is 0.308 e. The Morgan fingerprint density at radius 3 is 2.88 bits per heavy atom. The molecule has 1 amide bonds. The van der Waals surface area contributed by atoms with Crippen molar-refractivity contribution in [1.29, 1.82) is 0 Å². The molecule has 0 aliphatic carbocycles. The summed E-state index contributed by atoms with van der Waals surface area (Å²) in [6.07, 6.45) is 8.17. The summed E-state index contributed by atoms with van der Waals surface area (Å²) in [5.74, 6) is -1.49. The zero-order valence-corrected chi connectivity index (χ0v) is 13.5. The van der Waals surface area contributed by atoms with Crippen LogP contribution in [0, 0.1) is 5.92 Å². The molecule has 0 saturated carbocycles. The normalized spacial score (nSPS) is 21.0. The first-order valence-corrected chi connectivity index (χ1v) is 7.96. The molecule has 7 heteroatoms. The van der Waals surface area contributed by atoms with Crippen LogP contribution in [-0.4, -0.2) is 43.2 Å². The van der Waals surface area contributed by atoms with Gasteiger partial charge in [-0.05, 0) is 24.5 Å². The minimum Gasteiger partial charge on any atom is -0.481 e. The summed E-state index contributed by atoms with van der Waals surface area (Å²) >= 11 is 0. The zero-order chi connectivity index (χ0) is 17.1. The molecule has 7 nitrogen and oxygen atoms in total. The van der Waals surface area contributed by atoms with E-state index in [0.29, 0.717) is 19.4 Å². The fourth-order valence-electron chi connectivity index (χ4n) is 3.28. The molecule has 3 rings (SSSR count). The Morgan fingerprint density at radius 2 is 2.25 bits per heavy atom. The lowest BCUT2D eigenvalue weighted by Crippen LogP contribution is -2.46. The predicted octanol–water partition coefficient (Wildman–Crippen LogP) is 1.42. The summed E-state index contributed by atoms with van der Waals surface area (Å²) < 4.78 is 1.63. The van der Waals surface area contributed by atoms with Gasteiger partial charge in [-0.1, -0.05) is 6.07 Å². The van der Waals surface area contributed by atoms with E-state index in [9.17, 15) is 14.7 Å². The third-order valence-corrected chi connectivity index (χ3v) is 4.45. The monoisotopic (exact) mass is 328 g/mol. The van der Waals surface area contributed by atoms with E-state index in [1.54, 1.807) is 41.4 Å². The molecule has 0 aromatic carbocycles. The number of hydrogen-bond donors (Lipinski definition) is 1. The van der Waals surface area contributed by atoms with E-state index < -0.39 is 17.9 Å². The fourth-order valence-corrected chi connectivity index (χ4v) is 3.28. The van der Waals surface area contributed by atoms with Crippen LogP contribution < -0.4 is 0 Å². The molecule has 2 aromatic rings. The maximum absolute atomic E-state index is 12.5. The van der Waals surface area contributed by atoms with Crippen molar-refractivity contribution in [3.05, 3.63) is 48.0 Å². The highest BCUT2D eigenvalue weighted by Crippen LogP contribution is 2.36. The lowest BCUT2D eigenvalue weighted by molar-refractivity contribution is -0.152. The van der Waals surface area contributed by atoms with Crippen LogP contribution in [-0.2, 0) is 23.1 Å². The van der Waals surface area contributed by atoms with Crippen LogP contribution >= 0.6 is 0 Å². The first-order valence-electron chi connectivity index (χ1n) is 7.96. The van der Waals surface area contributed by atoms with Crippen LogP contribution in [0.2, 0.25) is 0 Å². The third-order valence-electron chi connectivity index (χ3n) is 4.45. The number of aliphatic carboxylic acids is 1. The van der Waals surface area contributed by atoms with Gasteiger partial charge in [-0.3, -0.25) is 19.3 Å². The second kappa shape index (κ2) is 6.82. The van der Waals surface area contributed by atoms with Crippen molar-refractivity contribution >= 4 is 11.9 Å². The summed E-state index contributed by atoms with van der Waals surface area (Å²) in [5, 5.41) is 13.7. The summed E-state index contributed by atoms with van der Waals surface area (Å²) in [6.45, 7) is 0.466. The molecule has 0 bridgehead atoms. The van der Waals surface area contributed by atoms with Crippen molar-refractivity contribution < 1.29 is 14.7 Å². The van der Waals surface area contributed by atoms with Gasteiger partial charge >= 0.3 is 5.97 Å². The molecule has 2 aromatic heterocycles. The van der Waals surface area contributed by atoms with Gasteiger partial charge in [-0.25, -0.2) is 0 Å². The molecule has 0 radical (unpaired) electrons. The molecule has 1 N–H and O–H groups in total. The highest BCUT2D eigenvalue weighted by atomic mass is 16.4. The van der Waals surface area contributed by atoms with Gasteiger partial charge in [0.2, 0.25) is 5.91 Å². The number of nitrogens with zero attached hydrogens (tertiary/aromatic N) is 4. The number of carbonyl (C=O) groups excluding carboxylic acids is 1. The zero-order valence-electron chi connectivity index (χ0n) is 13.5. The molecule has 2 unspecified atom stereocenters. The second-order valence-electron chi connectivity index (χ2n) is 6.07. The number of carboxylic acid groups (broad SMARTS) is 1. The van der Waals surface area contributed by atoms with Gasteiger partial charge in [0.1, 0.15) is 0 Å². The highest BCUT2D eigenvalue weighted by Gasteiger charge is 2.41. The maximum atomic E-state index is 12.5. The lowest BCUT2D eigenvalue weighted by Gasteiger charge is -2.39. The average molecular weight is 328 g/mol. The standard InChI is InChI=1S/C17H20N4O3/c1-20-11-13(10-19-20)16-14(17(23)24)4-5-15(22)21(16)8-6-12-3-2-7-18-9-12/h2-3,7,9-11,14,16H,4-6,8H2,1H3,(H,23,24). The Morgan fingerprint density at radius 1 is 1.42 bits per heavy atom. The van der Waals surface area contributed by atoms with Gasteiger partial charge in [-0.15, -0.1) is 0 Å². The second-order valence-corrected chi connectivity index (χ2v) is 6.07. The van der Waals surface area contributed by atoms with Gasteiger partial charge in [0.15, 0.2) is 0 Å². The quantitative estimate of drug-likeness (QED) is 0.897. The van der Waals surface area contributed by atoms with Crippen LogP contribution in [0.3, 0.4) is 0 Å². The lowest BCUT2D eigenvalue weighted by atomic mass is 9.85. The van der Waals surface area contributed by atoms with E-state index >= 15 is 0 Å². The summed E-state index contributed by atoms with van der Waals surface area (Å²) in [4.78, 5) is 29.9. The van der Waals surface area contributed by atoms with Crippen molar-refractivity contribution in [2.75, 3.05) is 6.54 Å². The molecule has 126 valence electrons. The Labute approximate surface area is 139 Å².